The Labute approximate surface area is 138 Å². The SMILES string of the molecule is COc1ccc(Cl)cc1NC(=O)c1ccccc1-n1cccn1. The number of methoxy groups -OCH3 is 1. The molecule has 1 N–H and O–H groups in total. The molecule has 0 bridgehead atoms. The summed E-state index contributed by atoms with van der Waals surface area (Å²) in [6.07, 6.45) is 3.45. The van der Waals surface area contributed by atoms with E-state index in [0.717, 1.165) is 0 Å². The fourth-order valence-electron chi connectivity index (χ4n) is 2.24. The van der Waals surface area contributed by atoms with E-state index in [4.69, 9.17) is 16.3 Å². The largest absolute Gasteiger partial charge is 0.495 e. The number of anilines is 1. The van der Waals surface area contributed by atoms with Gasteiger partial charge in [0.25, 0.3) is 5.91 Å². The second-order valence-electron chi connectivity index (χ2n) is 4.77. The molecule has 0 spiro atoms. The van der Waals surface area contributed by atoms with Crippen molar-refractivity contribution in [2.24, 2.45) is 0 Å². The lowest BCUT2D eigenvalue weighted by atomic mass is 10.1. The van der Waals surface area contributed by atoms with E-state index in [1.54, 1.807) is 53.5 Å². The first-order chi connectivity index (χ1) is 11.2. The molecule has 0 fully saturated rings. The summed E-state index contributed by atoms with van der Waals surface area (Å²) in [7, 11) is 1.54. The Kier molecular flexibility index (Phi) is 4.30. The van der Waals surface area contributed by atoms with Gasteiger partial charge in [-0.2, -0.15) is 5.10 Å². The molecular formula is C17H14ClN3O2. The van der Waals surface area contributed by atoms with Gasteiger partial charge in [-0.3, -0.25) is 4.79 Å². The molecule has 0 radical (unpaired) electrons. The van der Waals surface area contributed by atoms with E-state index >= 15 is 0 Å². The molecule has 1 heterocycles. The Hall–Kier alpha value is -2.79. The number of rotatable bonds is 4. The van der Waals surface area contributed by atoms with Crippen LogP contribution in [0.4, 0.5) is 5.69 Å². The van der Waals surface area contributed by atoms with Gasteiger partial charge in [-0.15, -0.1) is 0 Å². The van der Waals surface area contributed by atoms with Crippen molar-refractivity contribution in [3.8, 4) is 11.4 Å². The summed E-state index contributed by atoms with van der Waals surface area (Å²) in [5.41, 5.74) is 1.70. The maximum atomic E-state index is 12.7. The summed E-state index contributed by atoms with van der Waals surface area (Å²) in [6, 6.07) is 14.1. The maximum absolute atomic E-state index is 12.7. The van der Waals surface area contributed by atoms with Crippen LogP contribution in [0.1, 0.15) is 10.4 Å². The van der Waals surface area contributed by atoms with Crippen LogP contribution < -0.4 is 10.1 Å². The molecule has 3 aromatic rings. The van der Waals surface area contributed by atoms with E-state index in [9.17, 15) is 4.79 Å². The van der Waals surface area contributed by atoms with Crippen molar-refractivity contribution in [3.63, 3.8) is 0 Å². The third-order valence-electron chi connectivity index (χ3n) is 3.31. The molecule has 1 amide bonds. The van der Waals surface area contributed by atoms with Crippen molar-refractivity contribution in [2.45, 2.75) is 0 Å². The molecule has 2 aromatic carbocycles. The molecule has 0 saturated carbocycles. The van der Waals surface area contributed by atoms with E-state index in [2.05, 4.69) is 10.4 Å². The molecule has 5 nitrogen and oxygen atoms in total. The lowest BCUT2D eigenvalue weighted by molar-refractivity contribution is 0.102. The summed E-state index contributed by atoms with van der Waals surface area (Å²) < 4.78 is 6.89. The summed E-state index contributed by atoms with van der Waals surface area (Å²) in [5, 5.41) is 7.52. The lowest BCUT2D eigenvalue weighted by Gasteiger charge is -2.13. The fourth-order valence-corrected chi connectivity index (χ4v) is 2.42. The number of aromatic nitrogens is 2. The molecule has 0 saturated heterocycles. The van der Waals surface area contributed by atoms with E-state index in [0.29, 0.717) is 27.7 Å². The zero-order valence-electron chi connectivity index (χ0n) is 12.4. The zero-order chi connectivity index (χ0) is 16.2. The fraction of sp³-hybridized carbons (Fsp3) is 0.0588. The van der Waals surface area contributed by atoms with E-state index in [-0.39, 0.29) is 5.91 Å². The number of para-hydroxylation sites is 1. The molecule has 0 aliphatic carbocycles. The average Bonchev–Trinajstić information content (AvgIpc) is 3.09. The smallest absolute Gasteiger partial charge is 0.257 e. The first-order valence-corrected chi connectivity index (χ1v) is 7.31. The van der Waals surface area contributed by atoms with Crippen molar-refractivity contribution in [1.29, 1.82) is 0 Å². The molecule has 1 aromatic heterocycles. The van der Waals surface area contributed by atoms with Crippen molar-refractivity contribution >= 4 is 23.2 Å². The van der Waals surface area contributed by atoms with Crippen molar-refractivity contribution in [2.75, 3.05) is 12.4 Å². The van der Waals surface area contributed by atoms with Gasteiger partial charge in [0.05, 0.1) is 24.0 Å². The van der Waals surface area contributed by atoms with Gasteiger partial charge < -0.3 is 10.1 Å². The topological polar surface area (TPSA) is 56.1 Å². The molecule has 23 heavy (non-hydrogen) atoms. The van der Waals surface area contributed by atoms with Gasteiger partial charge in [-0.25, -0.2) is 4.68 Å². The van der Waals surface area contributed by atoms with Crippen LogP contribution in [0.5, 0.6) is 5.75 Å². The summed E-state index contributed by atoms with van der Waals surface area (Å²) in [4.78, 5) is 12.7. The lowest BCUT2D eigenvalue weighted by Crippen LogP contribution is -2.15. The minimum atomic E-state index is -0.267. The van der Waals surface area contributed by atoms with Crippen LogP contribution in [-0.2, 0) is 0 Å². The first-order valence-electron chi connectivity index (χ1n) is 6.93. The number of nitrogens with zero attached hydrogens (tertiary/aromatic N) is 2. The quantitative estimate of drug-likeness (QED) is 0.793. The van der Waals surface area contributed by atoms with Crippen LogP contribution in [0.25, 0.3) is 5.69 Å². The molecule has 0 atom stereocenters. The Bertz CT molecular complexity index is 832. The second-order valence-corrected chi connectivity index (χ2v) is 5.20. The highest BCUT2D eigenvalue weighted by atomic mass is 35.5. The number of nitrogens with one attached hydrogen (secondary N) is 1. The third-order valence-corrected chi connectivity index (χ3v) is 3.54. The van der Waals surface area contributed by atoms with Gasteiger partial charge in [0.1, 0.15) is 5.75 Å². The number of hydrogen-bond donors (Lipinski definition) is 1. The number of benzene rings is 2. The molecule has 6 heteroatoms. The van der Waals surface area contributed by atoms with Crippen LogP contribution in [0.3, 0.4) is 0 Å². The number of amides is 1. The number of halogens is 1. The minimum absolute atomic E-state index is 0.267. The van der Waals surface area contributed by atoms with E-state index in [1.165, 1.54) is 7.11 Å². The van der Waals surface area contributed by atoms with Crippen LogP contribution >= 0.6 is 11.6 Å². The highest BCUT2D eigenvalue weighted by Crippen LogP contribution is 2.28. The Morgan fingerprint density at radius 3 is 2.78 bits per heavy atom. The van der Waals surface area contributed by atoms with E-state index < -0.39 is 0 Å². The Balaban J connectivity index is 1.95. The molecule has 0 aliphatic heterocycles. The molecule has 0 aliphatic rings. The number of carbonyl (C=O) groups excluding carboxylic acids is 1. The van der Waals surface area contributed by atoms with Crippen LogP contribution in [0.2, 0.25) is 5.02 Å². The van der Waals surface area contributed by atoms with Gasteiger partial charge >= 0.3 is 0 Å². The van der Waals surface area contributed by atoms with Crippen molar-refractivity contribution in [3.05, 3.63) is 71.5 Å². The Morgan fingerprint density at radius 2 is 2.04 bits per heavy atom. The van der Waals surface area contributed by atoms with Crippen LogP contribution in [-0.4, -0.2) is 22.8 Å². The second kappa shape index (κ2) is 6.54. The van der Waals surface area contributed by atoms with Gasteiger partial charge in [0.15, 0.2) is 0 Å². The average molecular weight is 328 g/mol. The molecule has 3 rings (SSSR count). The summed E-state index contributed by atoms with van der Waals surface area (Å²) in [5.74, 6) is 0.274. The minimum Gasteiger partial charge on any atom is -0.495 e. The van der Waals surface area contributed by atoms with E-state index in [1.807, 2.05) is 12.1 Å². The normalized spacial score (nSPS) is 10.3. The first kappa shape index (κ1) is 15.1. The van der Waals surface area contributed by atoms with Gasteiger partial charge in [0, 0.05) is 17.4 Å². The monoisotopic (exact) mass is 327 g/mol. The highest BCUT2D eigenvalue weighted by molar-refractivity contribution is 6.31. The number of ether oxygens (including phenoxy) is 1. The summed E-state index contributed by atoms with van der Waals surface area (Å²) >= 11 is 5.99. The van der Waals surface area contributed by atoms with Gasteiger partial charge in [-0.05, 0) is 36.4 Å². The number of carbonyl (C=O) groups is 1. The Morgan fingerprint density at radius 1 is 1.22 bits per heavy atom. The molecule has 116 valence electrons. The standard InChI is InChI=1S/C17H14ClN3O2/c1-23-16-8-7-12(18)11-14(16)20-17(22)13-5-2-3-6-15(13)21-10-4-9-19-21/h2-11H,1H3,(H,20,22). The zero-order valence-corrected chi connectivity index (χ0v) is 13.1. The molecular weight excluding hydrogens is 314 g/mol. The van der Waals surface area contributed by atoms with Crippen LogP contribution in [0.15, 0.2) is 60.9 Å². The van der Waals surface area contributed by atoms with Crippen molar-refractivity contribution in [1.82, 2.24) is 9.78 Å². The predicted molar refractivity (Wildman–Crippen MR) is 89.5 cm³/mol. The van der Waals surface area contributed by atoms with Gasteiger partial charge in [-0.1, -0.05) is 23.7 Å². The van der Waals surface area contributed by atoms with Crippen molar-refractivity contribution < 1.29 is 9.53 Å². The highest BCUT2D eigenvalue weighted by Gasteiger charge is 2.15. The predicted octanol–water partition coefficient (Wildman–Crippen LogP) is 3.79. The summed E-state index contributed by atoms with van der Waals surface area (Å²) in [6.45, 7) is 0. The maximum Gasteiger partial charge on any atom is 0.257 e. The van der Waals surface area contributed by atoms with Gasteiger partial charge in [0.2, 0.25) is 0 Å². The number of hydrogen-bond acceptors (Lipinski definition) is 3. The van der Waals surface area contributed by atoms with Crippen LogP contribution in [0, 0.1) is 0 Å². The third kappa shape index (κ3) is 3.19. The molecule has 0 unspecified atom stereocenters.